The number of carbonyl (C=O) groups excluding carboxylic acids is 1. The maximum absolute atomic E-state index is 11.6. The largest absolute Gasteiger partial charge is 0.481 e. The van der Waals surface area contributed by atoms with Crippen LogP contribution in [0.5, 0.6) is 5.88 Å². The molecule has 0 spiro atoms. The standard InChI is InChI=1S/C9H15N3O2/c1-6-8(7(13)4-5-10)9(14-3)12(2)11-6/h4-5,10H2,1-3H3. The van der Waals surface area contributed by atoms with E-state index >= 15 is 0 Å². The van der Waals surface area contributed by atoms with Gasteiger partial charge in [-0.15, -0.1) is 0 Å². The zero-order chi connectivity index (χ0) is 10.7. The molecule has 0 aliphatic rings. The fraction of sp³-hybridized carbons (Fsp3) is 0.556. The second-order valence-electron chi connectivity index (χ2n) is 3.06. The number of aromatic nitrogens is 2. The molecule has 0 aliphatic carbocycles. The Hall–Kier alpha value is -1.36. The van der Waals surface area contributed by atoms with E-state index in [2.05, 4.69) is 5.10 Å². The molecule has 5 heteroatoms. The van der Waals surface area contributed by atoms with E-state index in [4.69, 9.17) is 10.5 Å². The van der Waals surface area contributed by atoms with Crippen molar-refractivity contribution in [1.29, 1.82) is 0 Å². The lowest BCUT2D eigenvalue weighted by molar-refractivity contribution is 0.0981. The maximum atomic E-state index is 11.6. The van der Waals surface area contributed by atoms with Gasteiger partial charge in [-0.3, -0.25) is 4.79 Å². The molecule has 0 saturated carbocycles. The predicted molar refractivity (Wildman–Crippen MR) is 52.5 cm³/mol. The number of hydrogen-bond donors (Lipinski definition) is 1. The second-order valence-corrected chi connectivity index (χ2v) is 3.06. The second kappa shape index (κ2) is 4.23. The maximum Gasteiger partial charge on any atom is 0.222 e. The minimum Gasteiger partial charge on any atom is -0.481 e. The number of ketones is 1. The molecule has 0 unspecified atom stereocenters. The lowest BCUT2D eigenvalue weighted by Crippen LogP contribution is -2.09. The van der Waals surface area contributed by atoms with Gasteiger partial charge >= 0.3 is 0 Å². The normalized spacial score (nSPS) is 10.3. The Balaban J connectivity index is 3.11. The minimum atomic E-state index is -0.0186. The quantitative estimate of drug-likeness (QED) is 0.703. The highest BCUT2D eigenvalue weighted by Gasteiger charge is 2.19. The van der Waals surface area contributed by atoms with Gasteiger partial charge in [0.2, 0.25) is 5.88 Å². The van der Waals surface area contributed by atoms with E-state index < -0.39 is 0 Å². The highest BCUT2D eigenvalue weighted by molar-refractivity contribution is 5.99. The van der Waals surface area contributed by atoms with E-state index in [1.165, 1.54) is 7.11 Å². The molecule has 0 fully saturated rings. The molecule has 0 aliphatic heterocycles. The summed E-state index contributed by atoms with van der Waals surface area (Å²) < 4.78 is 6.66. The Morgan fingerprint density at radius 3 is 2.79 bits per heavy atom. The van der Waals surface area contributed by atoms with Gasteiger partial charge in [0.25, 0.3) is 0 Å². The molecule has 0 bridgehead atoms. The van der Waals surface area contributed by atoms with E-state index in [-0.39, 0.29) is 5.78 Å². The first-order valence-corrected chi connectivity index (χ1v) is 4.42. The van der Waals surface area contributed by atoms with Crippen molar-refractivity contribution in [2.24, 2.45) is 12.8 Å². The zero-order valence-electron chi connectivity index (χ0n) is 8.70. The lowest BCUT2D eigenvalue weighted by Gasteiger charge is -2.02. The van der Waals surface area contributed by atoms with Crippen LogP contribution in [0.2, 0.25) is 0 Å². The van der Waals surface area contributed by atoms with Gasteiger partial charge in [-0.05, 0) is 13.5 Å². The molecule has 14 heavy (non-hydrogen) atoms. The topological polar surface area (TPSA) is 70.1 Å². The van der Waals surface area contributed by atoms with Crippen LogP contribution in [-0.4, -0.2) is 29.2 Å². The van der Waals surface area contributed by atoms with Crippen LogP contribution in [0.3, 0.4) is 0 Å². The molecule has 1 aromatic heterocycles. The number of hydrogen-bond acceptors (Lipinski definition) is 4. The molecule has 0 saturated heterocycles. The number of rotatable bonds is 4. The molecular formula is C9H15N3O2. The summed E-state index contributed by atoms with van der Waals surface area (Å²) in [4.78, 5) is 11.6. The van der Waals surface area contributed by atoms with Gasteiger partial charge < -0.3 is 10.5 Å². The zero-order valence-corrected chi connectivity index (χ0v) is 8.70. The number of Topliss-reactive ketones (excluding diaryl/α,β-unsaturated/α-hetero) is 1. The van der Waals surface area contributed by atoms with Crippen LogP contribution in [0, 0.1) is 6.92 Å². The smallest absolute Gasteiger partial charge is 0.222 e. The molecular weight excluding hydrogens is 182 g/mol. The summed E-state index contributed by atoms with van der Waals surface area (Å²) in [7, 11) is 3.26. The number of methoxy groups -OCH3 is 1. The molecule has 78 valence electrons. The Kier molecular flexibility index (Phi) is 3.24. The Morgan fingerprint density at radius 1 is 1.64 bits per heavy atom. The van der Waals surface area contributed by atoms with Gasteiger partial charge in [0, 0.05) is 13.5 Å². The molecule has 2 N–H and O–H groups in total. The molecule has 1 rings (SSSR count). The average Bonchev–Trinajstić information content (AvgIpc) is 2.40. The molecule has 1 heterocycles. The predicted octanol–water partition coefficient (Wildman–Crippen LogP) is 0.269. The molecule has 1 aromatic rings. The first kappa shape index (κ1) is 10.7. The van der Waals surface area contributed by atoms with Gasteiger partial charge in [-0.25, -0.2) is 4.68 Å². The molecule has 0 amide bonds. The van der Waals surface area contributed by atoms with E-state index in [0.29, 0.717) is 30.1 Å². The summed E-state index contributed by atoms with van der Waals surface area (Å²) in [6.45, 7) is 2.13. The summed E-state index contributed by atoms with van der Waals surface area (Å²) in [6, 6.07) is 0. The van der Waals surface area contributed by atoms with Crippen molar-refractivity contribution in [3.05, 3.63) is 11.3 Å². The van der Waals surface area contributed by atoms with Crippen molar-refractivity contribution >= 4 is 5.78 Å². The minimum absolute atomic E-state index is 0.0186. The average molecular weight is 197 g/mol. The first-order chi connectivity index (χ1) is 6.61. The van der Waals surface area contributed by atoms with Crippen LogP contribution in [-0.2, 0) is 7.05 Å². The van der Waals surface area contributed by atoms with Gasteiger partial charge in [-0.1, -0.05) is 0 Å². The third-order valence-corrected chi connectivity index (χ3v) is 2.01. The van der Waals surface area contributed by atoms with Crippen molar-refractivity contribution in [2.45, 2.75) is 13.3 Å². The van der Waals surface area contributed by atoms with Gasteiger partial charge in [0.05, 0.1) is 12.8 Å². The van der Waals surface area contributed by atoms with Crippen LogP contribution in [0.25, 0.3) is 0 Å². The van der Waals surface area contributed by atoms with Crippen LogP contribution >= 0.6 is 0 Å². The lowest BCUT2D eigenvalue weighted by atomic mass is 10.1. The number of nitrogens with two attached hydrogens (primary N) is 1. The Bertz CT molecular complexity index is 344. The summed E-state index contributed by atoms with van der Waals surface area (Å²) in [5, 5.41) is 4.12. The molecule has 0 radical (unpaired) electrons. The fourth-order valence-electron chi connectivity index (χ4n) is 1.45. The fourth-order valence-corrected chi connectivity index (χ4v) is 1.45. The molecule has 0 aromatic carbocycles. The summed E-state index contributed by atoms with van der Waals surface area (Å²) in [6.07, 6.45) is 0.322. The van der Waals surface area contributed by atoms with Crippen LogP contribution in [0.1, 0.15) is 22.5 Å². The first-order valence-electron chi connectivity index (χ1n) is 4.42. The number of nitrogens with zero attached hydrogens (tertiary/aromatic N) is 2. The van der Waals surface area contributed by atoms with Crippen molar-refractivity contribution in [1.82, 2.24) is 9.78 Å². The third kappa shape index (κ3) is 1.77. The van der Waals surface area contributed by atoms with E-state index in [1.807, 2.05) is 0 Å². The highest BCUT2D eigenvalue weighted by atomic mass is 16.5. The van der Waals surface area contributed by atoms with E-state index in [9.17, 15) is 4.79 Å². The number of ether oxygens (including phenoxy) is 1. The van der Waals surface area contributed by atoms with Crippen molar-refractivity contribution < 1.29 is 9.53 Å². The SMILES string of the molecule is COc1c(C(=O)CCN)c(C)nn1C. The molecule has 0 atom stereocenters. The van der Waals surface area contributed by atoms with Gasteiger partial charge in [0.15, 0.2) is 5.78 Å². The number of carbonyl (C=O) groups is 1. The van der Waals surface area contributed by atoms with Gasteiger partial charge in [0.1, 0.15) is 5.56 Å². The van der Waals surface area contributed by atoms with Crippen LogP contribution in [0.15, 0.2) is 0 Å². The summed E-state index contributed by atoms with van der Waals surface area (Å²) in [5.74, 6) is 0.482. The third-order valence-electron chi connectivity index (χ3n) is 2.01. The van der Waals surface area contributed by atoms with E-state index in [0.717, 1.165) is 0 Å². The van der Waals surface area contributed by atoms with Crippen LogP contribution in [0.4, 0.5) is 0 Å². The highest BCUT2D eigenvalue weighted by Crippen LogP contribution is 2.21. The monoisotopic (exact) mass is 197 g/mol. The van der Waals surface area contributed by atoms with Crippen molar-refractivity contribution in [2.75, 3.05) is 13.7 Å². The summed E-state index contributed by atoms with van der Waals surface area (Å²) >= 11 is 0. The van der Waals surface area contributed by atoms with E-state index in [1.54, 1.807) is 18.7 Å². The van der Waals surface area contributed by atoms with Crippen molar-refractivity contribution in [3.8, 4) is 5.88 Å². The Labute approximate surface area is 82.8 Å². The summed E-state index contributed by atoms with van der Waals surface area (Å²) in [5.41, 5.74) is 6.55. The number of aryl methyl sites for hydroxylation is 2. The Morgan fingerprint density at radius 2 is 2.29 bits per heavy atom. The molecule has 5 nitrogen and oxygen atoms in total. The van der Waals surface area contributed by atoms with Gasteiger partial charge in [-0.2, -0.15) is 5.10 Å². The van der Waals surface area contributed by atoms with Crippen molar-refractivity contribution in [3.63, 3.8) is 0 Å². The van der Waals surface area contributed by atoms with Crippen LogP contribution < -0.4 is 10.5 Å².